The molecule has 1 aromatic carbocycles. The van der Waals surface area contributed by atoms with Crippen LogP contribution in [0.5, 0.6) is 0 Å². The third-order valence-corrected chi connectivity index (χ3v) is 2.61. The van der Waals surface area contributed by atoms with E-state index in [1.807, 2.05) is 24.3 Å². The molecule has 0 aliphatic rings. The third kappa shape index (κ3) is 1.73. The predicted octanol–water partition coefficient (Wildman–Crippen LogP) is 1.02. The Balaban J connectivity index is 2.31. The van der Waals surface area contributed by atoms with Gasteiger partial charge in [0.15, 0.2) is 0 Å². The first-order valence-corrected chi connectivity index (χ1v) is 4.91. The average molecular weight is 206 g/mol. The van der Waals surface area contributed by atoms with Crippen LogP contribution in [-0.4, -0.2) is 17.4 Å². The van der Waals surface area contributed by atoms with Gasteiger partial charge in [-0.2, -0.15) is 5.32 Å². The number of fused-ring (bicyclic) bond motifs is 1. The zero-order valence-corrected chi connectivity index (χ0v) is 8.12. The summed E-state index contributed by atoms with van der Waals surface area (Å²) >= 11 is 1.39. The number of aromatic nitrogens is 1. The zero-order chi connectivity index (χ0) is 9.97. The highest BCUT2D eigenvalue weighted by atomic mass is 32.1. The van der Waals surface area contributed by atoms with Crippen LogP contribution in [0.1, 0.15) is 0 Å². The number of hydrogen-bond acceptors (Lipinski definition) is 4. The molecule has 2 aromatic rings. The molecular weight excluding hydrogens is 198 g/mol. The van der Waals surface area contributed by atoms with E-state index < -0.39 is 0 Å². The summed E-state index contributed by atoms with van der Waals surface area (Å²) in [5.74, 6) is -0.343. The van der Waals surface area contributed by atoms with Crippen molar-refractivity contribution in [1.29, 1.82) is 0 Å². The number of hydrogen-bond donors (Lipinski definition) is 1. The van der Waals surface area contributed by atoms with E-state index in [1.165, 1.54) is 11.3 Å². The molecule has 0 unspecified atom stereocenters. The predicted molar refractivity (Wildman–Crippen MR) is 55.5 cm³/mol. The van der Waals surface area contributed by atoms with Gasteiger partial charge in [-0.1, -0.05) is 23.5 Å². The van der Waals surface area contributed by atoms with Crippen LogP contribution in [0.2, 0.25) is 0 Å². The zero-order valence-electron chi connectivity index (χ0n) is 7.30. The molecule has 1 amide bonds. The summed E-state index contributed by atoms with van der Waals surface area (Å²) in [6.07, 6.45) is 0. The first-order chi connectivity index (χ1) is 6.79. The first-order valence-electron chi connectivity index (χ1n) is 4.10. The molecule has 71 valence electrons. The molecule has 0 fully saturated rings. The first kappa shape index (κ1) is 9.11. The molecular formula is C9H8N3OS. The summed E-state index contributed by atoms with van der Waals surface area (Å²) < 4.78 is 1.02. The maximum absolute atomic E-state index is 10.9. The van der Waals surface area contributed by atoms with Crippen molar-refractivity contribution in [3.05, 3.63) is 24.3 Å². The molecule has 14 heavy (non-hydrogen) atoms. The summed E-state index contributed by atoms with van der Waals surface area (Å²) in [4.78, 5) is 15.1. The lowest BCUT2D eigenvalue weighted by molar-refractivity contribution is -0.118. The minimum Gasteiger partial charge on any atom is -0.322 e. The van der Waals surface area contributed by atoms with Crippen LogP contribution in [0, 0.1) is 0 Å². The molecule has 0 aliphatic heterocycles. The summed E-state index contributed by atoms with van der Waals surface area (Å²) in [5, 5.41) is 4.23. The lowest BCUT2D eigenvalue weighted by Crippen LogP contribution is -2.20. The van der Waals surface area contributed by atoms with Crippen molar-refractivity contribution in [3.63, 3.8) is 0 Å². The molecule has 4 nitrogen and oxygen atoms in total. The number of benzene rings is 1. The number of carbonyl (C=O) groups excluding carboxylic acids is 1. The Morgan fingerprint density at radius 1 is 1.50 bits per heavy atom. The molecule has 2 N–H and O–H groups in total. The quantitative estimate of drug-likeness (QED) is 0.797. The van der Waals surface area contributed by atoms with Gasteiger partial charge in [0.2, 0.25) is 5.13 Å². The van der Waals surface area contributed by atoms with Gasteiger partial charge in [-0.05, 0) is 12.1 Å². The Bertz CT molecular complexity index is 433. The van der Waals surface area contributed by atoms with E-state index in [2.05, 4.69) is 10.3 Å². The van der Waals surface area contributed by atoms with Crippen LogP contribution in [0.3, 0.4) is 0 Å². The Kier molecular flexibility index (Phi) is 2.43. The molecule has 0 aliphatic carbocycles. The maximum atomic E-state index is 10.9. The smallest absolute Gasteiger partial charge is 0.262 e. The van der Waals surface area contributed by atoms with E-state index in [1.54, 1.807) is 0 Å². The van der Waals surface area contributed by atoms with Crippen molar-refractivity contribution in [3.8, 4) is 0 Å². The van der Waals surface area contributed by atoms with Crippen LogP contribution in [0.25, 0.3) is 10.2 Å². The Hall–Kier alpha value is -1.46. The Labute approximate surface area is 84.8 Å². The lowest BCUT2D eigenvalue weighted by atomic mass is 10.3. The van der Waals surface area contributed by atoms with E-state index in [9.17, 15) is 4.79 Å². The number of thiazole rings is 1. The molecule has 0 bridgehead atoms. The maximum Gasteiger partial charge on any atom is 0.262 e. The monoisotopic (exact) mass is 206 g/mol. The van der Waals surface area contributed by atoms with Crippen LogP contribution >= 0.6 is 11.3 Å². The van der Waals surface area contributed by atoms with Gasteiger partial charge in [-0.25, -0.2) is 4.98 Å². The molecule has 0 spiro atoms. The van der Waals surface area contributed by atoms with Crippen molar-refractivity contribution < 1.29 is 4.79 Å². The van der Waals surface area contributed by atoms with Crippen LogP contribution in [0.4, 0.5) is 5.13 Å². The number of amides is 1. The molecule has 1 radical (unpaired) electrons. The van der Waals surface area contributed by atoms with E-state index in [0.717, 1.165) is 10.2 Å². The fraction of sp³-hybridized carbons (Fsp3) is 0.111. The highest BCUT2D eigenvalue weighted by molar-refractivity contribution is 7.21. The highest BCUT2D eigenvalue weighted by Crippen LogP contribution is 2.25. The number of nitrogens with two attached hydrogens (primary N) is 1. The van der Waals surface area contributed by atoms with E-state index in [4.69, 9.17) is 5.73 Å². The molecule has 0 saturated carbocycles. The van der Waals surface area contributed by atoms with Gasteiger partial charge in [-0.3, -0.25) is 4.79 Å². The minimum atomic E-state index is -0.343. The van der Waals surface area contributed by atoms with E-state index >= 15 is 0 Å². The van der Waals surface area contributed by atoms with Crippen molar-refractivity contribution in [2.45, 2.75) is 0 Å². The van der Waals surface area contributed by atoms with Crippen molar-refractivity contribution in [2.75, 3.05) is 6.54 Å². The summed E-state index contributed by atoms with van der Waals surface area (Å²) in [6, 6.07) is 7.66. The van der Waals surface area contributed by atoms with Crippen LogP contribution in [-0.2, 0) is 4.79 Å². The van der Waals surface area contributed by atoms with Gasteiger partial charge < -0.3 is 5.73 Å². The molecule has 0 saturated heterocycles. The number of para-hydroxylation sites is 1. The second kappa shape index (κ2) is 3.73. The van der Waals surface area contributed by atoms with Crippen molar-refractivity contribution in [1.82, 2.24) is 10.3 Å². The Morgan fingerprint density at radius 3 is 3.00 bits per heavy atom. The second-order valence-corrected chi connectivity index (χ2v) is 3.68. The standard InChI is InChI=1S/C9H8N3OS/c10-5-8(13)12-9-11-6-3-1-2-4-7(6)14-9/h1-4H,5,10H2. The third-order valence-electron chi connectivity index (χ3n) is 1.68. The van der Waals surface area contributed by atoms with Crippen LogP contribution in [0.15, 0.2) is 24.3 Å². The van der Waals surface area contributed by atoms with Gasteiger partial charge in [0.05, 0.1) is 16.8 Å². The molecule has 5 heteroatoms. The van der Waals surface area contributed by atoms with E-state index in [-0.39, 0.29) is 12.5 Å². The average Bonchev–Trinajstić information content (AvgIpc) is 2.59. The molecule has 1 aromatic heterocycles. The SMILES string of the molecule is NCC(=O)[N]c1nc2ccccc2s1. The fourth-order valence-corrected chi connectivity index (χ4v) is 1.91. The van der Waals surface area contributed by atoms with Crippen LogP contribution < -0.4 is 11.1 Å². The van der Waals surface area contributed by atoms with Gasteiger partial charge in [0.25, 0.3) is 5.91 Å². The number of rotatable bonds is 2. The number of carbonyl (C=O) groups is 1. The van der Waals surface area contributed by atoms with Gasteiger partial charge in [-0.15, -0.1) is 0 Å². The second-order valence-electron chi connectivity index (χ2n) is 2.67. The lowest BCUT2D eigenvalue weighted by Gasteiger charge is -1.90. The van der Waals surface area contributed by atoms with Gasteiger partial charge >= 0.3 is 0 Å². The topological polar surface area (TPSA) is 70.1 Å². The summed E-state index contributed by atoms with van der Waals surface area (Å²) in [5.41, 5.74) is 6.01. The molecule has 2 rings (SSSR count). The highest BCUT2D eigenvalue weighted by Gasteiger charge is 2.07. The Morgan fingerprint density at radius 2 is 2.29 bits per heavy atom. The fourth-order valence-electron chi connectivity index (χ4n) is 1.06. The largest absolute Gasteiger partial charge is 0.322 e. The van der Waals surface area contributed by atoms with E-state index in [0.29, 0.717) is 5.13 Å². The molecule has 0 atom stereocenters. The summed E-state index contributed by atoms with van der Waals surface area (Å²) in [7, 11) is 0. The van der Waals surface area contributed by atoms with Gasteiger partial charge in [0.1, 0.15) is 0 Å². The molecule has 1 heterocycles. The van der Waals surface area contributed by atoms with Crippen molar-refractivity contribution >= 4 is 32.6 Å². The van der Waals surface area contributed by atoms with Crippen molar-refractivity contribution in [2.24, 2.45) is 5.73 Å². The normalized spacial score (nSPS) is 10.4. The summed E-state index contributed by atoms with van der Waals surface area (Å²) in [6.45, 7) is -0.0735. The van der Waals surface area contributed by atoms with Gasteiger partial charge in [0, 0.05) is 0 Å². The number of nitrogens with zero attached hydrogens (tertiary/aromatic N) is 2. The minimum absolute atomic E-state index is 0.0735.